The van der Waals surface area contributed by atoms with Crippen LogP contribution in [-0.4, -0.2) is 36.5 Å². The van der Waals surface area contributed by atoms with Gasteiger partial charge in [-0.15, -0.1) is 0 Å². The van der Waals surface area contributed by atoms with E-state index in [9.17, 15) is 0 Å². The van der Waals surface area contributed by atoms with E-state index in [4.69, 9.17) is 10.2 Å². The molecule has 3 nitrogen and oxygen atoms in total. The van der Waals surface area contributed by atoms with E-state index < -0.39 is 0 Å². The van der Waals surface area contributed by atoms with Gasteiger partial charge in [0.1, 0.15) is 0 Å². The Morgan fingerprint density at radius 3 is 2.45 bits per heavy atom. The van der Waals surface area contributed by atoms with Crippen LogP contribution < -0.4 is 5.32 Å². The third-order valence-corrected chi connectivity index (χ3v) is 1.70. The molecule has 11 heavy (non-hydrogen) atoms. The monoisotopic (exact) mass is 161 g/mol. The van der Waals surface area contributed by atoms with Crippen LogP contribution in [0.4, 0.5) is 0 Å². The Morgan fingerprint density at radius 1 is 1.45 bits per heavy atom. The Kier molecular flexibility index (Phi) is 7.89. The highest BCUT2D eigenvalue weighted by atomic mass is 16.3. The van der Waals surface area contributed by atoms with Crippen molar-refractivity contribution >= 4 is 0 Å². The Labute approximate surface area is 68.4 Å². The van der Waals surface area contributed by atoms with Gasteiger partial charge in [0.15, 0.2) is 0 Å². The van der Waals surface area contributed by atoms with Crippen molar-refractivity contribution in [3.8, 4) is 0 Å². The van der Waals surface area contributed by atoms with Crippen LogP contribution in [0.25, 0.3) is 0 Å². The van der Waals surface area contributed by atoms with Crippen molar-refractivity contribution in [1.29, 1.82) is 0 Å². The molecule has 0 saturated carbocycles. The van der Waals surface area contributed by atoms with E-state index in [2.05, 4.69) is 5.32 Å². The van der Waals surface area contributed by atoms with Crippen molar-refractivity contribution in [2.24, 2.45) is 5.92 Å². The lowest BCUT2D eigenvalue weighted by Crippen LogP contribution is -2.09. The van der Waals surface area contributed by atoms with Crippen molar-refractivity contribution in [3.63, 3.8) is 0 Å². The highest BCUT2D eigenvalue weighted by Crippen LogP contribution is 2.10. The first-order chi connectivity index (χ1) is 5.35. The average Bonchev–Trinajstić information content (AvgIpc) is 2.42. The van der Waals surface area contributed by atoms with E-state index in [0.717, 1.165) is 25.4 Å². The van der Waals surface area contributed by atoms with Crippen molar-refractivity contribution in [1.82, 2.24) is 5.32 Å². The van der Waals surface area contributed by atoms with Gasteiger partial charge in [-0.25, -0.2) is 0 Å². The molecule has 1 saturated heterocycles. The number of aliphatic hydroxyl groups is 2. The minimum absolute atomic E-state index is 0.250. The maximum absolute atomic E-state index is 8.50. The van der Waals surface area contributed by atoms with E-state index >= 15 is 0 Å². The molecular weight excluding hydrogens is 142 g/mol. The SMILES string of the molecule is CCO.OCCC1CCNC1. The third-order valence-electron chi connectivity index (χ3n) is 1.70. The van der Waals surface area contributed by atoms with E-state index in [1.165, 1.54) is 6.42 Å². The van der Waals surface area contributed by atoms with Gasteiger partial charge in [0.2, 0.25) is 0 Å². The molecule has 0 aliphatic carbocycles. The summed E-state index contributed by atoms with van der Waals surface area (Å²) in [5, 5.41) is 19.3. The van der Waals surface area contributed by atoms with Crippen molar-refractivity contribution in [3.05, 3.63) is 0 Å². The van der Waals surface area contributed by atoms with Gasteiger partial charge >= 0.3 is 0 Å². The highest BCUT2D eigenvalue weighted by molar-refractivity contribution is 4.69. The Morgan fingerprint density at radius 2 is 2.09 bits per heavy atom. The maximum Gasteiger partial charge on any atom is 0.0434 e. The van der Waals surface area contributed by atoms with Gasteiger partial charge in [-0.1, -0.05) is 0 Å². The molecule has 3 heteroatoms. The quantitative estimate of drug-likeness (QED) is 0.533. The average molecular weight is 161 g/mol. The molecule has 1 aliphatic rings. The zero-order chi connectivity index (χ0) is 8.53. The lowest BCUT2D eigenvalue weighted by atomic mass is 10.1. The smallest absolute Gasteiger partial charge is 0.0434 e. The van der Waals surface area contributed by atoms with Crippen LogP contribution in [0.1, 0.15) is 19.8 Å². The van der Waals surface area contributed by atoms with Crippen molar-refractivity contribution in [2.45, 2.75) is 19.8 Å². The largest absolute Gasteiger partial charge is 0.397 e. The van der Waals surface area contributed by atoms with Gasteiger partial charge in [0, 0.05) is 13.2 Å². The molecule has 1 fully saturated rings. The summed E-state index contributed by atoms with van der Waals surface area (Å²) in [6, 6.07) is 0. The number of aliphatic hydroxyl groups excluding tert-OH is 2. The first-order valence-corrected chi connectivity index (χ1v) is 4.27. The van der Waals surface area contributed by atoms with Crippen LogP contribution >= 0.6 is 0 Å². The molecular formula is C8H19NO2. The van der Waals surface area contributed by atoms with Crippen LogP contribution in [-0.2, 0) is 0 Å². The summed E-state index contributed by atoms with van der Waals surface area (Å²) in [5.41, 5.74) is 0. The fraction of sp³-hybridized carbons (Fsp3) is 1.00. The second-order valence-electron chi connectivity index (χ2n) is 2.69. The Hall–Kier alpha value is -0.120. The molecule has 1 unspecified atom stereocenters. The van der Waals surface area contributed by atoms with E-state index in [1.54, 1.807) is 6.92 Å². The summed E-state index contributed by atoms with van der Waals surface area (Å²) in [6.07, 6.45) is 2.23. The second kappa shape index (κ2) is 7.98. The fourth-order valence-electron chi connectivity index (χ4n) is 1.14. The molecule has 1 atom stereocenters. The van der Waals surface area contributed by atoms with Crippen LogP contribution in [0.2, 0.25) is 0 Å². The minimum atomic E-state index is 0.250. The molecule has 0 spiro atoms. The van der Waals surface area contributed by atoms with E-state index in [-0.39, 0.29) is 6.61 Å². The summed E-state index contributed by atoms with van der Waals surface area (Å²) in [4.78, 5) is 0. The lowest BCUT2D eigenvalue weighted by Gasteiger charge is -2.01. The Balaban J connectivity index is 0.000000292. The number of rotatable bonds is 2. The van der Waals surface area contributed by atoms with Gasteiger partial charge in [0.25, 0.3) is 0 Å². The molecule has 1 rings (SSSR count). The zero-order valence-corrected chi connectivity index (χ0v) is 7.21. The molecule has 1 heterocycles. The molecule has 1 aliphatic heterocycles. The molecule has 0 aromatic heterocycles. The molecule has 0 aromatic carbocycles. The van der Waals surface area contributed by atoms with Crippen molar-refractivity contribution < 1.29 is 10.2 Å². The van der Waals surface area contributed by atoms with Crippen LogP contribution in [0.5, 0.6) is 0 Å². The highest BCUT2D eigenvalue weighted by Gasteiger charge is 2.12. The summed E-state index contributed by atoms with van der Waals surface area (Å²) in [7, 11) is 0. The fourth-order valence-corrected chi connectivity index (χ4v) is 1.14. The second-order valence-corrected chi connectivity index (χ2v) is 2.69. The number of nitrogens with one attached hydrogen (secondary N) is 1. The summed E-state index contributed by atoms with van der Waals surface area (Å²) < 4.78 is 0. The number of hydrogen-bond acceptors (Lipinski definition) is 3. The molecule has 0 radical (unpaired) electrons. The van der Waals surface area contributed by atoms with E-state index in [1.807, 2.05) is 0 Å². The van der Waals surface area contributed by atoms with Gasteiger partial charge in [-0.2, -0.15) is 0 Å². The summed E-state index contributed by atoms with van der Waals surface area (Å²) >= 11 is 0. The van der Waals surface area contributed by atoms with Crippen LogP contribution in [0, 0.1) is 5.92 Å². The Bertz CT molecular complexity index is 72.5. The topological polar surface area (TPSA) is 52.5 Å². The first-order valence-electron chi connectivity index (χ1n) is 4.27. The van der Waals surface area contributed by atoms with Gasteiger partial charge in [-0.3, -0.25) is 0 Å². The van der Waals surface area contributed by atoms with Gasteiger partial charge in [-0.05, 0) is 38.8 Å². The van der Waals surface area contributed by atoms with Crippen molar-refractivity contribution in [2.75, 3.05) is 26.3 Å². The van der Waals surface area contributed by atoms with Gasteiger partial charge < -0.3 is 15.5 Å². The molecule has 3 N–H and O–H groups in total. The maximum atomic E-state index is 8.50. The predicted molar refractivity (Wildman–Crippen MR) is 45.4 cm³/mol. The summed E-state index contributed by atoms with van der Waals surface area (Å²) in [6.45, 7) is 4.54. The molecule has 0 aromatic rings. The molecule has 0 bridgehead atoms. The molecule has 68 valence electrons. The third kappa shape index (κ3) is 6.28. The van der Waals surface area contributed by atoms with Gasteiger partial charge in [0.05, 0.1) is 0 Å². The first kappa shape index (κ1) is 10.9. The lowest BCUT2D eigenvalue weighted by molar-refractivity contribution is 0.262. The minimum Gasteiger partial charge on any atom is -0.397 e. The van der Waals surface area contributed by atoms with E-state index in [0.29, 0.717) is 6.61 Å². The van der Waals surface area contributed by atoms with Crippen LogP contribution in [0.15, 0.2) is 0 Å². The molecule has 0 amide bonds. The number of hydrogen-bond donors (Lipinski definition) is 3. The zero-order valence-electron chi connectivity index (χ0n) is 7.21. The normalized spacial score (nSPS) is 22.6. The predicted octanol–water partition coefficient (Wildman–Crippen LogP) is -0.0231. The standard InChI is InChI=1S/C6H13NO.C2H6O/c8-4-2-6-1-3-7-5-6;1-2-3/h6-8H,1-5H2;3H,2H2,1H3. The van der Waals surface area contributed by atoms with Crippen LogP contribution in [0.3, 0.4) is 0 Å². The summed E-state index contributed by atoms with van der Waals surface area (Å²) in [5.74, 6) is 0.750.